The van der Waals surface area contributed by atoms with Crippen molar-refractivity contribution < 1.29 is 0 Å². The fourth-order valence-electron chi connectivity index (χ4n) is 0.442. The van der Waals surface area contributed by atoms with E-state index in [1.807, 2.05) is 0 Å². The Kier molecular flexibility index (Phi) is 1.73. The molecular formula is C5H4ClN2S-. The molecule has 9 heavy (non-hydrogen) atoms. The van der Waals surface area contributed by atoms with Gasteiger partial charge in [-0.05, 0) is 6.07 Å². The van der Waals surface area contributed by atoms with E-state index in [0.717, 1.165) is 0 Å². The SMILES string of the molecule is Nc1cc(Cl)cnc1[S-]. The van der Waals surface area contributed by atoms with E-state index in [1.165, 1.54) is 6.20 Å². The van der Waals surface area contributed by atoms with Crippen LogP contribution in [-0.2, 0) is 12.6 Å². The van der Waals surface area contributed by atoms with Gasteiger partial charge in [-0.25, -0.2) is 0 Å². The number of hydrogen-bond acceptors (Lipinski definition) is 3. The average molecular weight is 160 g/mol. The number of pyridine rings is 1. The predicted molar refractivity (Wildman–Crippen MR) is 39.3 cm³/mol. The first-order chi connectivity index (χ1) is 4.20. The van der Waals surface area contributed by atoms with E-state index in [0.29, 0.717) is 15.7 Å². The van der Waals surface area contributed by atoms with Gasteiger partial charge in [0.2, 0.25) is 0 Å². The Bertz CT molecular complexity index is 226. The number of nitrogen functional groups attached to an aromatic ring is 1. The minimum atomic E-state index is 0.402. The lowest BCUT2D eigenvalue weighted by molar-refractivity contribution is 1.15. The third-order valence-electron chi connectivity index (χ3n) is 0.845. The molecule has 2 N–H and O–H groups in total. The predicted octanol–water partition coefficient (Wildman–Crippen LogP) is 1.22. The van der Waals surface area contributed by atoms with Crippen molar-refractivity contribution in [1.82, 2.24) is 4.98 Å². The summed E-state index contributed by atoms with van der Waals surface area (Å²) in [7, 11) is 0. The van der Waals surface area contributed by atoms with E-state index in [9.17, 15) is 0 Å². The molecule has 0 aromatic carbocycles. The topological polar surface area (TPSA) is 38.9 Å². The van der Waals surface area contributed by atoms with Crippen LogP contribution in [0.2, 0.25) is 5.02 Å². The number of hydrogen-bond donors (Lipinski definition) is 1. The van der Waals surface area contributed by atoms with Crippen LogP contribution >= 0.6 is 11.6 Å². The van der Waals surface area contributed by atoms with Crippen LogP contribution in [0.5, 0.6) is 0 Å². The summed E-state index contributed by atoms with van der Waals surface area (Å²) in [5.74, 6) is 0. The second-order valence-corrected chi connectivity index (χ2v) is 2.37. The summed E-state index contributed by atoms with van der Waals surface area (Å²) in [4.78, 5) is 3.74. The van der Waals surface area contributed by atoms with Crippen LogP contribution in [0.1, 0.15) is 0 Å². The van der Waals surface area contributed by atoms with Gasteiger partial charge in [0.15, 0.2) is 0 Å². The molecule has 0 aliphatic heterocycles. The summed E-state index contributed by atoms with van der Waals surface area (Å²) in [6.45, 7) is 0. The molecule has 0 atom stereocenters. The lowest BCUT2D eigenvalue weighted by Crippen LogP contribution is -1.90. The highest BCUT2D eigenvalue weighted by atomic mass is 35.5. The van der Waals surface area contributed by atoms with Crippen molar-refractivity contribution in [3.05, 3.63) is 17.3 Å². The van der Waals surface area contributed by atoms with E-state index in [1.54, 1.807) is 6.07 Å². The summed E-state index contributed by atoms with van der Waals surface area (Å²) in [5.41, 5.74) is 5.83. The van der Waals surface area contributed by atoms with Gasteiger partial charge in [0, 0.05) is 11.9 Å². The maximum atomic E-state index is 5.53. The number of halogens is 1. The van der Waals surface area contributed by atoms with Crippen LogP contribution in [0, 0.1) is 0 Å². The van der Waals surface area contributed by atoms with Crippen molar-refractivity contribution >= 4 is 29.9 Å². The zero-order valence-electron chi connectivity index (χ0n) is 4.47. The van der Waals surface area contributed by atoms with E-state index in [2.05, 4.69) is 4.98 Å². The van der Waals surface area contributed by atoms with E-state index >= 15 is 0 Å². The third-order valence-corrected chi connectivity index (χ3v) is 1.39. The third kappa shape index (κ3) is 1.43. The van der Waals surface area contributed by atoms with Crippen LogP contribution in [0.3, 0.4) is 0 Å². The van der Waals surface area contributed by atoms with Gasteiger partial charge < -0.3 is 18.4 Å². The van der Waals surface area contributed by atoms with Crippen molar-refractivity contribution in [3.8, 4) is 0 Å². The first-order valence-electron chi connectivity index (χ1n) is 2.28. The lowest BCUT2D eigenvalue weighted by atomic mass is 10.4. The van der Waals surface area contributed by atoms with E-state index in [4.69, 9.17) is 30.0 Å². The quantitative estimate of drug-likeness (QED) is 0.579. The molecule has 0 bridgehead atoms. The zero-order valence-corrected chi connectivity index (χ0v) is 6.04. The van der Waals surface area contributed by atoms with Crippen molar-refractivity contribution in [2.24, 2.45) is 0 Å². The first kappa shape index (κ1) is 6.58. The average Bonchev–Trinajstić information content (AvgIpc) is 1.80. The highest BCUT2D eigenvalue weighted by Gasteiger charge is 1.87. The van der Waals surface area contributed by atoms with E-state index in [-0.39, 0.29) is 0 Å². The smallest absolute Gasteiger partial charge is 0.0608 e. The number of aromatic nitrogens is 1. The highest BCUT2D eigenvalue weighted by molar-refractivity contribution is 7.58. The molecule has 0 radical (unpaired) electrons. The fourth-order valence-corrected chi connectivity index (χ4v) is 0.720. The minimum Gasteiger partial charge on any atom is -0.758 e. The standard InChI is InChI=1S/C5H5ClN2S/c6-3-1-4(7)5(9)8-2-3/h1-2H,7H2,(H,8,9)/p-1. The van der Waals surface area contributed by atoms with Gasteiger partial charge in [-0.2, -0.15) is 0 Å². The molecule has 0 spiro atoms. The molecular weight excluding hydrogens is 156 g/mol. The molecule has 1 rings (SSSR count). The van der Waals surface area contributed by atoms with Gasteiger partial charge in [-0.15, -0.1) is 0 Å². The minimum absolute atomic E-state index is 0.402. The Labute approximate surface area is 63.4 Å². The number of nitrogens with two attached hydrogens (primary N) is 1. The van der Waals surface area contributed by atoms with Crippen molar-refractivity contribution in [2.45, 2.75) is 5.03 Å². The molecule has 0 saturated carbocycles. The lowest BCUT2D eigenvalue weighted by Gasteiger charge is -2.06. The Morgan fingerprint density at radius 3 is 2.78 bits per heavy atom. The Balaban J connectivity index is 3.17. The van der Waals surface area contributed by atoms with Crippen LogP contribution in [0.25, 0.3) is 0 Å². The van der Waals surface area contributed by atoms with Crippen molar-refractivity contribution in [3.63, 3.8) is 0 Å². The maximum absolute atomic E-state index is 5.53. The summed E-state index contributed by atoms with van der Waals surface area (Å²) in [5, 5.41) is 0.917. The highest BCUT2D eigenvalue weighted by Crippen LogP contribution is 2.13. The van der Waals surface area contributed by atoms with Crippen LogP contribution in [0.4, 0.5) is 5.69 Å². The van der Waals surface area contributed by atoms with Gasteiger partial charge >= 0.3 is 0 Å². The molecule has 4 heteroatoms. The molecule has 0 fully saturated rings. The normalized spacial score (nSPS) is 9.44. The van der Waals surface area contributed by atoms with E-state index < -0.39 is 0 Å². The Hall–Kier alpha value is -0.540. The summed E-state index contributed by atoms with van der Waals surface area (Å²) >= 11 is 10.2. The molecule has 48 valence electrons. The van der Waals surface area contributed by atoms with Gasteiger partial charge in [-0.3, -0.25) is 4.98 Å². The van der Waals surface area contributed by atoms with Crippen LogP contribution in [0.15, 0.2) is 17.3 Å². The van der Waals surface area contributed by atoms with Gasteiger partial charge in [0.25, 0.3) is 0 Å². The zero-order chi connectivity index (χ0) is 6.85. The summed E-state index contributed by atoms with van der Waals surface area (Å²) in [6.07, 6.45) is 1.47. The molecule has 0 amide bonds. The maximum Gasteiger partial charge on any atom is 0.0608 e. The van der Waals surface area contributed by atoms with Gasteiger partial charge in [0.1, 0.15) is 0 Å². The first-order valence-corrected chi connectivity index (χ1v) is 3.07. The summed E-state index contributed by atoms with van der Waals surface area (Å²) in [6, 6.07) is 1.58. The van der Waals surface area contributed by atoms with Gasteiger partial charge in [0.05, 0.1) is 5.02 Å². The molecule has 1 aromatic rings. The molecule has 0 unspecified atom stereocenters. The second-order valence-electron chi connectivity index (χ2n) is 1.55. The molecule has 0 saturated heterocycles. The van der Waals surface area contributed by atoms with Crippen LogP contribution in [-0.4, -0.2) is 4.98 Å². The molecule has 0 aliphatic rings. The Morgan fingerprint density at radius 1 is 1.67 bits per heavy atom. The second kappa shape index (κ2) is 2.37. The number of nitrogens with zero attached hydrogens (tertiary/aromatic N) is 1. The van der Waals surface area contributed by atoms with Crippen molar-refractivity contribution in [2.75, 3.05) is 5.73 Å². The largest absolute Gasteiger partial charge is 0.758 e. The van der Waals surface area contributed by atoms with Gasteiger partial charge in [-0.1, -0.05) is 16.6 Å². The van der Waals surface area contributed by atoms with Crippen LogP contribution < -0.4 is 5.73 Å². The Morgan fingerprint density at radius 2 is 2.33 bits per heavy atom. The molecule has 1 aromatic heterocycles. The number of anilines is 1. The monoisotopic (exact) mass is 159 g/mol. The number of rotatable bonds is 0. The molecule has 0 aliphatic carbocycles. The molecule has 2 nitrogen and oxygen atoms in total. The van der Waals surface area contributed by atoms with Crippen molar-refractivity contribution in [1.29, 1.82) is 0 Å². The summed E-state index contributed by atoms with van der Waals surface area (Å²) < 4.78 is 0. The fraction of sp³-hybridized carbons (Fsp3) is 0. The molecule has 1 heterocycles.